The molecule has 0 atom stereocenters. The molecule has 1 amide bonds. The van der Waals surface area contributed by atoms with Crippen LogP contribution in [0, 0.1) is 0 Å². The maximum Gasteiger partial charge on any atom is 0.256 e. The molecule has 0 aromatic carbocycles. The number of nitrogens with one attached hydrogen (secondary N) is 2. The lowest BCUT2D eigenvalue weighted by Gasteiger charge is -2.21. The number of anilines is 2. The summed E-state index contributed by atoms with van der Waals surface area (Å²) in [6.07, 6.45) is 1.39. The summed E-state index contributed by atoms with van der Waals surface area (Å²) in [5.41, 5.74) is 6.85. The molecule has 6 nitrogen and oxygen atoms in total. The first kappa shape index (κ1) is 15.8. The third-order valence-electron chi connectivity index (χ3n) is 3.58. The summed E-state index contributed by atoms with van der Waals surface area (Å²) in [5, 5.41) is 6.76. The Morgan fingerprint density at radius 1 is 1.38 bits per heavy atom. The molecule has 1 aromatic heterocycles. The first-order valence-electron chi connectivity index (χ1n) is 7.23. The van der Waals surface area contributed by atoms with Crippen LogP contribution in [0.2, 0.25) is 0 Å². The second-order valence-electron chi connectivity index (χ2n) is 4.97. The van der Waals surface area contributed by atoms with E-state index in [1.807, 2.05) is 0 Å². The zero-order valence-corrected chi connectivity index (χ0v) is 13.3. The van der Waals surface area contributed by atoms with Gasteiger partial charge in [-0.2, -0.15) is 0 Å². The first-order chi connectivity index (χ1) is 10.1. The number of nitrogen functional groups attached to an aromatic ring is 1. The Labute approximate surface area is 128 Å². The molecular formula is C14H22N4O2S. The van der Waals surface area contributed by atoms with E-state index in [2.05, 4.69) is 15.5 Å². The first-order valence-corrected chi connectivity index (χ1v) is 8.05. The van der Waals surface area contributed by atoms with Gasteiger partial charge >= 0.3 is 0 Å². The van der Waals surface area contributed by atoms with Crippen LogP contribution in [0.1, 0.15) is 39.8 Å². The maximum absolute atomic E-state index is 12.2. The number of carbonyl (C=O) groups excluding carboxylic acids is 2. The van der Waals surface area contributed by atoms with E-state index in [9.17, 15) is 9.59 Å². The Balaban J connectivity index is 2.46. The van der Waals surface area contributed by atoms with Gasteiger partial charge in [0.25, 0.3) is 5.91 Å². The number of Topliss-reactive ketones (excluding diaryl/α,β-unsaturated/α-hetero) is 1. The van der Waals surface area contributed by atoms with Crippen LogP contribution in [-0.2, 0) is 0 Å². The fourth-order valence-electron chi connectivity index (χ4n) is 2.42. The number of carbonyl (C=O) groups is 2. The summed E-state index contributed by atoms with van der Waals surface area (Å²) in [6.45, 7) is 5.30. The van der Waals surface area contributed by atoms with Crippen molar-refractivity contribution in [3.8, 4) is 0 Å². The molecule has 1 fully saturated rings. The number of nitrogens with two attached hydrogens (primary N) is 1. The minimum atomic E-state index is -0.230. The quantitative estimate of drug-likeness (QED) is 0.725. The summed E-state index contributed by atoms with van der Waals surface area (Å²) in [7, 11) is 1.58. The standard InChI is InChI=1S/C14H22N4O2S/c1-3-9(19)12-11(15)10(13(20)16-2)14(21-12)18-7-4-5-17-6-8-18/h17H,3-8,15H2,1-2H3,(H,16,20). The molecule has 116 valence electrons. The molecule has 1 aliphatic heterocycles. The molecule has 2 heterocycles. The molecule has 1 saturated heterocycles. The molecule has 0 spiro atoms. The van der Waals surface area contributed by atoms with Gasteiger partial charge in [-0.1, -0.05) is 6.92 Å². The second-order valence-corrected chi connectivity index (χ2v) is 5.97. The number of nitrogens with zero attached hydrogens (tertiary/aromatic N) is 1. The van der Waals surface area contributed by atoms with Crippen molar-refractivity contribution in [2.45, 2.75) is 19.8 Å². The molecule has 1 aromatic rings. The van der Waals surface area contributed by atoms with Gasteiger partial charge in [0.15, 0.2) is 5.78 Å². The third kappa shape index (κ3) is 3.19. The van der Waals surface area contributed by atoms with Gasteiger partial charge in [0.1, 0.15) is 5.00 Å². The topological polar surface area (TPSA) is 87.5 Å². The van der Waals surface area contributed by atoms with Crippen LogP contribution >= 0.6 is 11.3 Å². The fraction of sp³-hybridized carbons (Fsp3) is 0.571. The Morgan fingerprint density at radius 2 is 2.14 bits per heavy atom. The average molecular weight is 310 g/mol. The molecule has 4 N–H and O–H groups in total. The smallest absolute Gasteiger partial charge is 0.256 e. The minimum Gasteiger partial charge on any atom is -0.397 e. The van der Waals surface area contributed by atoms with Crippen molar-refractivity contribution < 1.29 is 9.59 Å². The van der Waals surface area contributed by atoms with Gasteiger partial charge in [-0.05, 0) is 13.0 Å². The van der Waals surface area contributed by atoms with E-state index in [0.717, 1.165) is 37.6 Å². The number of hydrogen-bond donors (Lipinski definition) is 3. The van der Waals surface area contributed by atoms with Crippen molar-refractivity contribution in [1.29, 1.82) is 0 Å². The molecule has 2 rings (SSSR count). The van der Waals surface area contributed by atoms with Crippen LogP contribution in [0.5, 0.6) is 0 Å². The predicted octanol–water partition coefficient (Wildman–Crippen LogP) is 1.08. The monoisotopic (exact) mass is 310 g/mol. The van der Waals surface area contributed by atoms with Crippen molar-refractivity contribution in [3.63, 3.8) is 0 Å². The highest BCUT2D eigenvalue weighted by atomic mass is 32.1. The Bertz CT molecular complexity index is 533. The van der Waals surface area contributed by atoms with Crippen LogP contribution in [0.15, 0.2) is 0 Å². The number of ketones is 1. The number of hydrogen-bond acceptors (Lipinski definition) is 6. The van der Waals surface area contributed by atoms with E-state index in [1.54, 1.807) is 14.0 Å². The van der Waals surface area contributed by atoms with E-state index >= 15 is 0 Å². The summed E-state index contributed by atoms with van der Waals surface area (Å²) < 4.78 is 0. The molecule has 7 heteroatoms. The maximum atomic E-state index is 12.2. The van der Waals surface area contributed by atoms with Gasteiger partial charge < -0.3 is 21.3 Å². The molecule has 0 bridgehead atoms. The normalized spacial score (nSPS) is 15.6. The fourth-order valence-corrected chi connectivity index (χ4v) is 3.69. The Kier molecular flexibility index (Phi) is 5.19. The number of rotatable bonds is 4. The van der Waals surface area contributed by atoms with Crippen LogP contribution in [0.4, 0.5) is 10.7 Å². The molecule has 0 aliphatic carbocycles. The van der Waals surface area contributed by atoms with Crippen LogP contribution in [0.3, 0.4) is 0 Å². The molecule has 1 aliphatic rings. The molecular weight excluding hydrogens is 288 g/mol. The summed E-state index contributed by atoms with van der Waals surface area (Å²) in [4.78, 5) is 26.9. The second kappa shape index (κ2) is 6.91. The van der Waals surface area contributed by atoms with E-state index in [4.69, 9.17) is 5.73 Å². The highest BCUT2D eigenvalue weighted by molar-refractivity contribution is 7.19. The van der Waals surface area contributed by atoms with Gasteiger partial charge in [-0.15, -0.1) is 11.3 Å². The minimum absolute atomic E-state index is 0.0122. The van der Waals surface area contributed by atoms with Gasteiger partial charge in [-0.3, -0.25) is 9.59 Å². The Hall–Kier alpha value is -1.60. The van der Waals surface area contributed by atoms with Crippen molar-refractivity contribution in [2.75, 3.05) is 43.9 Å². The Morgan fingerprint density at radius 3 is 2.81 bits per heavy atom. The van der Waals surface area contributed by atoms with Crippen molar-refractivity contribution in [1.82, 2.24) is 10.6 Å². The van der Waals surface area contributed by atoms with E-state index in [0.29, 0.717) is 22.5 Å². The lowest BCUT2D eigenvalue weighted by atomic mass is 10.1. The van der Waals surface area contributed by atoms with Crippen LogP contribution < -0.4 is 21.3 Å². The van der Waals surface area contributed by atoms with E-state index < -0.39 is 0 Å². The highest BCUT2D eigenvalue weighted by Crippen LogP contribution is 2.39. The zero-order chi connectivity index (χ0) is 15.4. The van der Waals surface area contributed by atoms with E-state index in [-0.39, 0.29) is 11.7 Å². The van der Waals surface area contributed by atoms with Crippen molar-refractivity contribution >= 4 is 33.7 Å². The largest absolute Gasteiger partial charge is 0.397 e. The zero-order valence-electron chi connectivity index (χ0n) is 12.5. The van der Waals surface area contributed by atoms with Crippen molar-refractivity contribution in [3.05, 3.63) is 10.4 Å². The van der Waals surface area contributed by atoms with Gasteiger partial charge in [0.2, 0.25) is 0 Å². The summed E-state index contributed by atoms with van der Waals surface area (Å²) in [5.74, 6) is -0.243. The highest BCUT2D eigenvalue weighted by Gasteiger charge is 2.27. The molecule has 0 radical (unpaired) electrons. The molecule has 21 heavy (non-hydrogen) atoms. The number of thiophene rings is 1. The van der Waals surface area contributed by atoms with Crippen molar-refractivity contribution in [2.24, 2.45) is 0 Å². The average Bonchev–Trinajstić information content (AvgIpc) is 2.69. The van der Waals surface area contributed by atoms with Gasteiger partial charge in [0, 0.05) is 33.1 Å². The predicted molar refractivity (Wildman–Crippen MR) is 86.4 cm³/mol. The van der Waals surface area contributed by atoms with Crippen LogP contribution in [-0.4, -0.2) is 44.9 Å². The SMILES string of the molecule is CCC(=O)c1sc(N2CCCNCC2)c(C(=O)NC)c1N. The van der Waals surface area contributed by atoms with E-state index in [1.165, 1.54) is 11.3 Å². The molecule has 0 unspecified atom stereocenters. The lowest BCUT2D eigenvalue weighted by Crippen LogP contribution is -2.29. The molecule has 0 saturated carbocycles. The summed E-state index contributed by atoms with van der Waals surface area (Å²) >= 11 is 1.34. The van der Waals surface area contributed by atoms with Gasteiger partial charge in [0.05, 0.1) is 16.1 Å². The van der Waals surface area contributed by atoms with Gasteiger partial charge in [-0.25, -0.2) is 0 Å². The third-order valence-corrected chi connectivity index (χ3v) is 4.89. The lowest BCUT2D eigenvalue weighted by molar-refractivity contribution is 0.0964. The number of amides is 1. The summed E-state index contributed by atoms with van der Waals surface area (Å²) in [6, 6.07) is 0. The van der Waals surface area contributed by atoms with Crippen LogP contribution in [0.25, 0.3) is 0 Å².